The molecule has 0 heterocycles. The average Bonchev–Trinajstić information content (AvgIpc) is 3.01. The van der Waals surface area contributed by atoms with Crippen molar-refractivity contribution in [2.75, 3.05) is 0 Å². The van der Waals surface area contributed by atoms with Crippen LogP contribution in [0.4, 0.5) is 0 Å². The van der Waals surface area contributed by atoms with E-state index in [2.05, 4.69) is 0 Å². The maximum Gasteiger partial charge on any atom is 0.126 e. The van der Waals surface area contributed by atoms with Gasteiger partial charge in [-0.05, 0) is 112 Å². The van der Waals surface area contributed by atoms with Gasteiger partial charge in [-0.1, -0.05) is 47.6 Å². The molecule has 0 aromatic heterocycles. The number of phenols is 8. The molecule has 0 bridgehead atoms. The van der Waals surface area contributed by atoms with E-state index in [-0.39, 0.29) is 46.0 Å². The van der Waals surface area contributed by atoms with Gasteiger partial charge in [0.1, 0.15) is 46.0 Å². The third-order valence-corrected chi connectivity index (χ3v) is 8.09. The summed E-state index contributed by atoms with van der Waals surface area (Å²) < 4.78 is 0. The highest BCUT2D eigenvalue weighted by Crippen LogP contribution is 2.33. The first kappa shape index (κ1) is 35.1. The monoisotopic (exact) mass is 650 g/mol. The minimum Gasteiger partial charge on any atom is -0.508 e. The van der Waals surface area contributed by atoms with Gasteiger partial charge < -0.3 is 40.9 Å². The minimum absolute atomic E-state index is 0.0214. The summed E-state index contributed by atoms with van der Waals surface area (Å²) in [5.74, 6) is -0.323. The predicted molar refractivity (Wildman–Crippen MR) is 190 cm³/mol. The lowest BCUT2D eigenvalue weighted by Crippen LogP contribution is -1.89. The molecule has 0 saturated carbocycles. The van der Waals surface area contributed by atoms with E-state index in [1.54, 1.807) is 60.7 Å². The van der Waals surface area contributed by atoms with Crippen LogP contribution in [0.2, 0.25) is 0 Å². The van der Waals surface area contributed by atoms with Crippen LogP contribution in [0.1, 0.15) is 72.9 Å². The molecule has 0 amide bonds. The van der Waals surface area contributed by atoms with Crippen LogP contribution in [0, 0.1) is 0 Å². The van der Waals surface area contributed by atoms with Gasteiger partial charge in [0.25, 0.3) is 0 Å². The molecule has 0 aliphatic heterocycles. The third-order valence-electron chi connectivity index (χ3n) is 8.09. The zero-order chi connectivity index (χ0) is 34.8. The summed E-state index contributed by atoms with van der Waals surface area (Å²) in [6, 6.07) is 14.7. The molecule has 4 aromatic rings. The summed E-state index contributed by atoms with van der Waals surface area (Å²) in [5.41, 5.74) is 5.27. The molecule has 8 N–H and O–H groups in total. The zero-order valence-electron chi connectivity index (χ0n) is 27.1. The molecule has 48 heavy (non-hydrogen) atoms. The average molecular weight is 651 g/mol. The number of allylic oxidation sites excluding steroid dienone is 4. The van der Waals surface area contributed by atoms with E-state index in [1.165, 1.54) is 24.3 Å². The Bertz CT molecular complexity index is 1700. The normalized spacial score (nSPS) is 12.4. The number of rotatable bonds is 13. The van der Waals surface area contributed by atoms with Gasteiger partial charge in [0.2, 0.25) is 0 Å². The van der Waals surface area contributed by atoms with E-state index >= 15 is 0 Å². The summed E-state index contributed by atoms with van der Waals surface area (Å²) in [6.07, 6.45) is 15.0. The van der Waals surface area contributed by atoms with E-state index in [0.29, 0.717) is 46.2 Å². The Morgan fingerprint density at radius 1 is 0.458 bits per heavy atom. The number of benzene rings is 4. The highest BCUT2D eigenvalue weighted by molar-refractivity contribution is 5.75. The van der Waals surface area contributed by atoms with Crippen molar-refractivity contribution in [2.24, 2.45) is 0 Å². The fourth-order valence-corrected chi connectivity index (χ4v) is 5.22. The van der Waals surface area contributed by atoms with Gasteiger partial charge in [0.15, 0.2) is 0 Å². The second-order valence-electron chi connectivity index (χ2n) is 11.9. The van der Waals surface area contributed by atoms with Crippen LogP contribution in [0.25, 0.3) is 24.3 Å². The lowest BCUT2D eigenvalue weighted by atomic mass is 10.00. The van der Waals surface area contributed by atoms with Crippen LogP contribution in [-0.2, 0) is 12.8 Å². The number of unbranched alkanes of at least 4 members (excludes halogenated alkanes) is 1. The fraction of sp³-hybridized carbons (Fsp3) is 0.200. The van der Waals surface area contributed by atoms with Crippen molar-refractivity contribution in [3.05, 3.63) is 117 Å². The van der Waals surface area contributed by atoms with E-state index in [0.717, 1.165) is 36.8 Å². The van der Waals surface area contributed by atoms with Gasteiger partial charge in [0.05, 0.1) is 0 Å². The Balaban J connectivity index is 1.25. The molecule has 8 nitrogen and oxygen atoms in total. The first-order valence-electron chi connectivity index (χ1n) is 15.7. The molecule has 0 radical (unpaired) electrons. The van der Waals surface area contributed by atoms with E-state index in [9.17, 15) is 40.9 Å². The van der Waals surface area contributed by atoms with Gasteiger partial charge in [-0.2, -0.15) is 0 Å². The summed E-state index contributed by atoms with van der Waals surface area (Å²) in [5, 5.41) is 81.0. The topological polar surface area (TPSA) is 162 Å². The molecule has 0 fully saturated rings. The molecule has 8 heteroatoms. The van der Waals surface area contributed by atoms with Crippen molar-refractivity contribution in [1.82, 2.24) is 0 Å². The Morgan fingerprint density at radius 3 is 1.15 bits per heavy atom. The summed E-state index contributed by atoms with van der Waals surface area (Å²) >= 11 is 0. The standard InChI is InChI=1S/C40H42O8/c1-25(7-17-33-37(45)19-27(20-38(33)46)9-11-29-13-15-31(41)23-35(29)43)5-3-4-6-26(2)8-18-34-39(47)21-28(22-40(34)48)10-12-30-14-16-32(42)24-36(30)44/h7-16,19-24,41-48H,3-6,17-18H2,1-2H3/b11-9+,12-10+,25-7+,26-8+. The van der Waals surface area contributed by atoms with Crippen molar-refractivity contribution >= 4 is 24.3 Å². The molecule has 0 aliphatic carbocycles. The summed E-state index contributed by atoms with van der Waals surface area (Å²) in [4.78, 5) is 0. The van der Waals surface area contributed by atoms with Crippen LogP contribution in [-0.4, -0.2) is 40.9 Å². The smallest absolute Gasteiger partial charge is 0.126 e. The van der Waals surface area contributed by atoms with Crippen LogP contribution < -0.4 is 0 Å². The fourth-order valence-electron chi connectivity index (χ4n) is 5.22. The number of hydrogen-bond acceptors (Lipinski definition) is 8. The van der Waals surface area contributed by atoms with Gasteiger partial charge in [-0.25, -0.2) is 0 Å². The van der Waals surface area contributed by atoms with Gasteiger partial charge >= 0.3 is 0 Å². The second-order valence-corrected chi connectivity index (χ2v) is 11.9. The Kier molecular flexibility index (Phi) is 11.8. The quantitative estimate of drug-likeness (QED) is 0.0404. The largest absolute Gasteiger partial charge is 0.508 e. The molecule has 4 aromatic carbocycles. The van der Waals surface area contributed by atoms with Crippen molar-refractivity contribution < 1.29 is 40.9 Å². The Labute approximate surface area is 280 Å². The molecule has 0 spiro atoms. The maximum absolute atomic E-state index is 10.6. The molecular formula is C40H42O8. The van der Waals surface area contributed by atoms with Crippen LogP contribution in [0.15, 0.2) is 84.0 Å². The van der Waals surface area contributed by atoms with Crippen molar-refractivity contribution in [3.8, 4) is 46.0 Å². The Morgan fingerprint density at radius 2 is 0.812 bits per heavy atom. The zero-order valence-corrected chi connectivity index (χ0v) is 27.1. The SMILES string of the molecule is C/C(=C\Cc1c(O)cc(/C=C/c2ccc(O)cc2O)cc1O)CCCC/C(C)=C/Cc1c(O)cc(/C=C/c2ccc(O)cc2O)cc1O. The lowest BCUT2D eigenvalue weighted by Gasteiger charge is -2.09. The highest BCUT2D eigenvalue weighted by atomic mass is 16.3. The Hall–Kier alpha value is -5.76. The van der Waals surface area contributed by atoms with E-state index < -0.39 is 0 Å². The van der Waals surface area contributed by atoms with Gasteiger partial charge in [-0.15, -0.1) is 0 Å². The molecular weight excluding hydrogens is 608 g/mol. The molecule has 4 rings (SSSR count). The first-order valence-corrected chi connectivity index (χ1v) is 15.7. The number of phenolic OH excluding ortho intramolecular Hbond substituents is 8. The number of aromatic hydroxyl groups is 8. The minimum atomic E-state index is -0.0770. The third kappa shape index (κ3) is 9.87. The van der Waals surface area contributed by atoms with Gasteiger partial charge in [-0.3, -0.25) is 0 Å². The van der Waals surface area contributed by atoms with E-state index in [1.807, 2.05) is 26.0 Å². The van der Waals surface area contributed by atoms with Crippen LogP contribution >= 0.6 is 0 Å². The van der Waals surface area contributed by atoms with Crippen LogP contribution in [0.5, 0.6) is 46.0 Å². The second kappa shape index (κ2) is 16.2. The molecule has 0 saturated heterocycles. The lowest BCUT2D eigenvalue weighted by molar-refractivity contribution is 0.439. The first-order chi connectivity index (χ1) is 22.9. The van der Waals surface area contributed by atoms with Crippen molar-refractivity contribution in [1.29, 1.82) is 0 Å². The van der Waals surface area contributed by atoms with Gasteiger partial charge in [0, 0.05) is 34.4 Å². The molecule has 0 unspecified atom stereocenters. The van der Waals surface area contributed by atoms with Crippen molar-refractivity contribution in [2.45, 2.75) is 52.4 Å². The van der Waals surface area contributed by atoms with Crippen molar-refractivity contribution in [3.63, 3.8) is 0 Å². The molecule has 250 valence electrons. The number of hydrogen-bond donors (Lipinski definition) is 8. The van der Waals surface area contributed by atoms with Crippen LogP contribution in [0.3, 0.4) is 0 Å². The summed E-state index contributed by atoms with van der Waals surface area (Å²) in [7, 11) is 0. The molecule has 0 atom stereocenters. The molecule has 0 aliphatic rings. The maximum atomic E-state index is 10.6. The summed E-state index contributed by atoms with van der Waals surface area (Å²) in [6.45, 7) is 4.05. The van der Waals surface area contributed by atoms with E-state index in [4.69, 9.17) is 0 Å². The predicted octanol–water partition coefficient (Wildman–Crippen LogP) is 8.91. The highest BCUT2D eigenvalue weighted by Gasteiger charge is 2.10.